The van der Waals surface area contributed by atoms with E-state index in [2.05, 4.69) is 15.4 Å². The Balaban J connectivity index is 1.71. The molecule has 0 aliphatic heterocycles. The minimum Gasteiger partial charge on any atom is -0.469 e. The first-order valence-electron chi connectivity index (χ1n) is 8.59. The molecule has 1 N–H and O–H groups in total. The largest absolute Gasteiger partial charge is 0.469 e. The van der Waals surface area contributed by atoms with Gasteiger partial charge in [0.2, 0.25) is 0 Å². The molecule has 0 spiro atoms. The molecule has 1 amide bonds. The van der Waals surface area contributed by atoms with E-state index in [1.165, 1.54) is 13.4 Å². The Morgan fingerprint density at radius 2 is 1.86 bits per heavy atom. The van der Waals surface area contributed by atoms with Gasteiger partial charge in [-0.2, -0.15) is 5.10 Å². The summed E-state index contributed by atoms with van der Waals surface area (Å²) < 4.78 is 6.45. The number of nitrogens with zero attached hydrogens (tertiary/aromatic N) is 3. The Morgan fingerprint density at radius 3 is 2.46 bits per heavy atom. The lowest BCUT2D eigenvalue weighted by Gasteiger charge is -2.18. The van der Waals surface area contributed by atoms with E-state index in [9.17, 15) is 9.59 Å². The Bertz CT molecular complexity index is 925. The van der Waals surface area contributed by atoms with Gasteiger partial charge in [0.1, 0.15) is 12.7 Å². The summed E-state index contributed by atoms with van der Waals surface area (Å²) >= 11 is 5.93. The van der Waals surface area contributed by atoms with Gasteiger partial charge >= 0.3 is 5.97 Å². The summed E-state index contributed by atoms with van der Waals surface area (Å²) in [6.45, 7) is 0.567. The lowest BCUT2D eigenvalue weighted by atomic mass is 10.0. The van der Waals surface area contributed by atoms with Crippen LogP contribution in [0.15, 0.2) is 61.2 Å². The van der Waals surface area contributed by atoms with Gasteiger partial charge in [-0.15, -0.1) is 0 Å². The van der Waals surface area contributed by atoms with Crippen molar-refractivity contribution in [2.75, 3.05) is 7.11 Å². The summed E-state index contributed by atoms with van der Waals surface area (Å²) in [6.07, 6.45) is 3.12. The maximum atomic E-state index is 12.7. The quantitative estimate of drug-likeness (QED) is 0.618. The molecule has 0 fully saturated rings. The molecular formula is C20H19ClN4O3. The van der Waals surface area contributed by atoms with E-state index >= 15 is 0 Å². The summed E-state index contributed by atoms with van der Waals surface area (Å²) in [4.78, 5) is 28.3. The summed E-state index contributed by atoms with van der Waals surface area (Å²) in [7, 11) is 1.32. The molecule has 1 atom stereocenters. The Labute approximate surface area is 167 Å². The van der Waals surface area contributed by atoms with Crippen LogP contribution in [0, 0.1) is 0 Å². The van der Waals surface area contributed by atoms with Gasteiger partial charge in [0.05, 0.1) is 26.1 Å². The molecule has 0 saturated carbocycles. The van der Waals surface area contributed by atoms with Gasteiger partial charge in [-0.25, -0.2) is 9.67 Å². The number of methoxy groups -OCH3 is 1. The normalized spacial score (nSPS) is 11.6. The van der Waals surface area contributed by atoms with Crippen LogP contribution in [0.5, 0.6) is 0 Å². The highest BCUT2D eigenvalue weighted by molar-refractivity contribution is 6.30. The Kier molecular flexibility index (Phi) is 6.39. The fourth-order valence-electron chi connectivity index (χ4n) is 2.70. The van der Waals surface area contributed by atoms with Crippen LogP contribution in [0.4, 0.5) is 0 Å². The van der Waals surface area contributed by atoms with E-state index in [1.54, 1.807) is 47.4 Å². The van der Waals surface area contributed by atoms with Crippen LogP contribution in [0.3, 0.4) is 0 Å². The second-order valence-electron chi connectivity index (χ2n) is 6.15. The first-order valence-corrected chi connectivity index (χ1v) is 8.97. The number of benzene rings is 2. The average Bonchev–Trinajstić information content (AvgIpc) is 3.21. The zero-order valence-electron chi connectivity index (χ0n) is 15.2. The SMILES string of the molecule is COC(=O)C[C@@H](NC(=O)c1ccc(Cn2cncn2)cc1)c1ccc(Cl)cc1. The van der Waals surface area contributed by atoms with Crippen LogP contribution >= 0.6 is 11.6 Å². The van der Waals surface area contributed by atoms with Gasteiger partial charge in [0.15, 0.2) is 0 Å². The van der Waals surface area contributed by atoms with Crippen LogP contribution in [-0.2, 0) is 16.1 Å². The number of hydrogen-bond acceptors (Lipinski definition) is 5. The molecule has 1 aromatic heterocycles. The van der Waals surface area contributed by atoms with Crippen molar-refractivity contribution in [2.45, 2.75) is 19.0 Å². The van der Waals surface area contributed by atoms with Crippen LogP contribution in [0.25, 0.3) is 0 Å². The van der Waals surface area contributed by atoms with Crippen LogP contribution in [0.2, 0.25) is 5.02 Å². The molecule has 7 nitrogen and oxygen atoms in total. The third kappa shape index (κ3) is 5.17. The fourth-order valence-corrected chi connectivity index (χ4v) is 2.83. The Hall–Kier alpha value is -3.19. The monoisotopic (exact) mass is 398 g/mol. The summed E-state index contributed by atoms with van der Waals surface area (Å²) in [6, 6.07) is 13.6. The van der Waals surface area contributed by atoms with Crippen molar-refractivity contribution in [3.63, 3.8) is 0 Å². The highest BCUT2D eigenvalue weighted by Crippen LogP contribution is 2.21. The molecule has 0 aliphatic carbocycles. The minimum absolute atomic E-state index is 0.0221. The highest BCUT2D eigenvalue weighted by atomic mass is 35.5. The topological polar surface area (TPSA) is 86.1 Å². The number of carbonyl (C=O) groups excluding carboxylic acids is 2. The number of nitrogens with one attached hydrogen (secondary N) is 1. The predicted molar refractivity (Wildman–Crippen MR) is 104 cm³/mol. The lowest BCUT2D eigenvalue weighted by Crippen LogP contribution is -2.30. The summed E-state index contributed by atoms with van der Waals surface area (Å²) in [5.41, 5.74) is 2.25. The number of aromatic nitrogens is 3. The molecular weight excluding hydrogens is 380 g/mol. The first kappa shape index (κ1) is 19.6. The summed E-state index contributed by atoms with van der Waals surface area (Å²) in [5.74, 6) is -0.695. The second-order valence-corrected chi connectivity index (χ2v) is 6.58. The molecule has 0 bridgehead atoms. The molecule has 3 rings (SSSR count). The van der Waals surface area contributed by atoms with E-state index in [0.717, 1.165) is 11.1 Å². The molecule has 3 aromatic rings. The van der Waals surface area contributed by atoms with Crippen molar-refractivity contribution in [3.05, 3.63) is 82.9 Å². The van der Waals surface area contributed by atoms with Crippen molar-refractivity contribution in [3.8, 4) is 0 Å². The third-order valence-electron chi connectivity index (χ3n) is 4.20. The number of esters is 1. The van der Waals surface area contributed by atoms with Gasteiger partial charge in [-0.3, -0.25) is 9.59 Å². The van der Waals surface area contributed by atoms with Crippen molar-refractivity contribution in [1.82, 2.24) is 20.1 Å². The van der Waals surface area contributed by atoms with Crippen molar-refractivity contribution in [2.24, 2.45) is 0 Å². The molecule has 1 heterocycles. The summed E-state index contributed by atoms with van der Waals surface area (Å²) in [5, 5.41) is 7.52. The van der Waals surface area contributed by atoms with E-state index in [-0.39, 0.29) is 12.3 Å². The van der Waals surface area contributed by atoms with E-state index < -0.39 is 12.0 Å². The number of hydrogen-bond donors (Lipinski definition) is 1. The van der Waals surface area contributed by atoms with E-state index in [0.29, 0.717) is 17.1 Å². The smallest absolute Gasteiger partial charge is 0.307 e. The standard InChI is InChI=1S/C20H19ClN4O3/c1-28-19(26)10-18(15-6-8-17(21)9-7-15)24-20(27)16-4-2-14(3-5-16)11-25-13-22-12-23-25/h2-9,12-13,18H,10-11H2,1H3,(H,24,27)/t18-/m1/s1. The number of ether oxygens (including phenoxy) is 1. The maximum absolute atomic E-state index is 12.7. The number of carbonyl (C=O) groups is 2. The van der Waals surface area contributed by atoms with Crippen molar-refractivity contribution >= 4 is 23.5 Å². The zero-order valence-corrected chi connectivity index (χ0v) is 16.0. The van der Waals surface area contributed by atoms with Gasteiger partial charge < -0.3 is 10.1 Å². The molecule has 0 saturated heterocycles. The van der Waals surface area contributed by atoms with Crippen molar-refractivity contribution in [1.29, 1.82) is 0 Å². The number of halogens is 1. The second kappa shape index (κ2) is 9.14. The Morgan fingerprint density at radius 1 is 1.14 bits per heavy atom. The maximum Gasteiger partial charge on any atom is 0.307 e. The molecule has 28 heavy (non-hydrogen) atoms. The number of amides is 1. The molecule has 8 heteroatoms. The van der Waals surface area contributed by atoms with Gasteiger partial charge in [0, 0.05) is 10.6 Å². The highest BCUT2D eigenvalue weighted by Gasteiger charge is 2.19. The minimum atomic E-state index is -0.521. The van der Waals surface area contributed by atoms with Crippen LogP contribution < -0.4 is 5.32 Å². The number of rotatable bonds is 7. The molecule has 0 radical (unpaired) electrons. The molecule has 0 aliphatic rings. The van der Waals surface area contributed by atoms with Crippen molar-refractivity contribution < 1.29 is 14.3 Å². The van der Waals surface area contributed by atoms with Gasteiger partial charge in [-0.1, -0.05) is 35.9 Å². The first-order chi connectivity index (χ1) is 13.5. The molecule has 0 unspecified atom stereocenters. The van der Waals surface area contributed by atoms with Crippen LogP contribution in [0.1, 0.15) is 33.9 Å². The van der Waals surface area contributed by atoms with E-state index in [1.807, 2.05) is 12.1 Å². The van der Waals surface area contributed by atoms with Gasteiger partial charge in [0.25, 0.3) is 5.91 Å². The zero-order chi connectivity index (χ0) is 19.9. The predicted octanol–water partition coefficient (Wildman–Crippen LogP) is 3.01. The van der Waals surface area contributed by atoms with Crippen LogP contribution in [-0.4, -0.2) is 33.8 Å². The van der Waals surface area contributed by atoms with Gasteiger partial charge in [-0.05, 0) is 35.4 Å². The fraction of sp³-hybridized carbons (Fsp3) is 0.200. The molecule has 144 valence electrons. The average molecular weight is 399 g/mol. The molecule has 2 aromatic carbocycles. The third-order valence-corrected chi connectivity index (χ3v) is 4.46. The lowest BCUT2D eigenvalue weighted by molar-refractivity contribution is -0.141. The van der Waals surface area contributed by atoms with E-state index in [4.69, 9.17) is 16.3 Å².